The van der Waals surface area contributed by atoms with E-state index < -0.39 is 0 Å². The van der Waals surface area contributed by atoms with Gasteiger partial charge in [-0.1, -0.05) is 106 Å². The van der Waals surface area contributed by atoms with Crippen LogP contribution < -0.4 is 4.74 Å². The highest BCUT2D eigenvalue weighted by molar-refractivity contribution is 9.09. The fraction of sp³-hybridized carbons (Fsp3) is 0.720. The Morgan fingerprint density at radius 1 is 0.793 bits per heavy atom. The SMILES string of the molecule is CCCCCCCCCCCCCCCOc1cccc(C(=O)OCCCBr)c1. The van der Waals surface area contributed by atoms with Gasteiger partial charge in [-0.15, -0.1) is 0 Å². The molecule has 166 valence electrons. The third kappa shape index (κ3) is 14.6. The molecule has 1 aromatic carbocycles. The standard InChI is InChI=1S/C25H41BrO3/c1-2-3-4-5-6-7-8-9-10-11-12-13-14-20-28-24-18-15-17-23(22-24)25(27)29-21-16-19-26/h15,17-18,22H,2-14,16,19-21H2,1H3. The van der Waals surface area contributed by atoms with Gasteiger partial charge in [-0.05, 0) is 31.0 Å². The quantitative estimate of drug-likeness (QED) is 0.117. The summed E-state index contributed by atoms with van der Waals surface area (Å²) < 4.78 is 11.0. The summed E-state index contributed by atoms with van der Waals surface area (Å²) in [6.45, 7) is 3.42. The topological polar surface area (TPSA) is 35.5 Å². The summed E-state index contributed by atoms with van der Waals surface area (Å²) >= 11 is 3.33. The van der Waals surface area contributed by atoms with E-state index in [0.717, 1.165) is 23.9 Å². The van der Waals surface area contributed by atoms with E-state index in [9.17, 15) is 4.79 Å². The van der Waals surface area contributed by atoms with Crippen molar-refractivity contribution < 1.29 is 14.3 Å². The average Bonchev–Trinajstić information content (AvgIpc) is 2.74. The summed E-state index contributed by atoms with van der Waals surface area (Å²) in [6.07, 6.45) is 18.3. The molecule has 0 unspecified atom stereocenters. The van der Waals surface area contributed by atoms with Gasteiger partial charge in [-0.25, -0.2) is 4.79 Å². The first-order chi connectivity index (χ1) is 14.3. The lowest BCUT2D eigenvalue weighted by molar-refractivity contribution is 0.0506. The zero-order valence-electron chi connectivity index (χ0n) is 18.4. The maximum absolute atomic E-state index is 12.0. The van der Waals surface area contributed by atoms with E-state index in [4.69, 9.17) is 9.47 Å². The number of ether oxygens (including phenoxy) is 2. The number of esters is 1. The number of unbranched alkanes of at least 4 members (excludes halogenated alkanes) is 12. The highest BCUT2D eigenvalue weighted by atomic mass is 79.9. The molecule has 0 amide bonds. The van der Waals surface area contributed by atoms with Crippen molar-refractivity contribution in [1.29, 1.82) is 0 Å². The summed E-state index contributed by atoms with van der Waals surface area (Å²) in [5, 5.41) is 0.836. The Morgan fingerprint density at radius 2 is 1.38 bits per heavy atom. The second kappa shape index (κ2) is 19.0. The molecule has 0 saturated carbocycles. The summed E-state index contributed by atoms with van der Waals surface area (Å²) in [6, 6.07) is 7.30. The van der Waals surface area contributed by atoms with Crippen molar-refractivity contribution in [3.05, 3.63) is 29.8 Å². The molecule has 0 aliphatic rings. The van der Waals surface area contributed by atoms with Crippen LogP contribution in [0.25, 0.3) is 0 Å². The van der Waals surface area contributed by atoms with Gasteiger partial charge in [0.05, 0.1) is 18.8 Å². The number of carbonyl (C=O) groups excluding carboxylic acids is 1. The molecule has 0 radical (unpaired) electrons. The molecule has 0 heterocycles. The van der Waals surface area contributed by atoms with E-state index >= 15 is 0 Å². The third-order valence-corrected chi connectivity index (χ3v) is 5.66. The highest BCUT2D eigenvalue weighted by Gasteiger charge is 2.08. The van der Waals surface area contributed by atoms with Crippen LogP contribution in [-0.2, 0) is 4.74 Å². The zero-order valence-corrected chi connectivity index (χ0v) is 20.0. The van der Waals surface area contributed by atoms with E-state index in [2.05, 4.69) is 22.9 Å². The minimum atomic E-state index is -0.280. The molecular weight excluding hydrogens is 428 g/mol. The summed E-state index contributed by atoms with van der Waals surface area (Å²) in [5.41, 5.74) is 0.558. The number of benzene rings is 1. The van der Waals surface area contributed by atoms with Gasteiger partial charge in [0.25, 0.3) is 0 Å². The highest BCUT2D eigenvalue weighted by Crippen LogP contribution is 2.16. The van der Waals surface area contributed by atoms with Crippen LogP contribution in [0.3, 0.4) is 0 Å². The molecule has 0 atom stereocenters. The molecule has 0 fully saturated rings. The Bertz CT molecular complexity index is 519. The molecule has 0 spiro atoms. The molecule has 0 aromatic heterocycles. The Kier molecular flexibility index (Phi) is 17.0. The second-order valence-corrected chi connectivity index (χ2v) is 8.59. The van der Waals surface area contributed by atoms with Crippen molar-refractivity contribution in [2.75, 3.05) is 18.5 Å². The van der Waals surface area contributed by atoms with Gasteiger partial charge in [0.1, 0.15) is 5.75 Å². The second-order valence-electron chi connectivity index (χ2n) is 7.80. The van der Waals surface area contributed by atoms with Crippen LogP contribution in [0.2, 0.25) is 0 Å². The lowest BCUT2D eigenvalue weighted by atomic mass is 10.0. The largest absolute Gasteiger partial charge is 0.494 e. The minimum Gasteiger partial charge on any atom is -0.494 e. The lowest BCUT2D eigenvalue weighted by Crippen LogP contribution is -2.07. The normalized spacial score (nSPS) is 10.8. The van der Waals surface area contributed by atoms with E-state index in [1.165, 1.54) is 77.0 Å². The van der Waals surface area contributed by atoms with Gasteiger partial charge in [-0.3, -0.25) is 0 Å². The van der Waals surface area contributed by atoms with E-state index in [1.807, 2.05) is 12.1 Å². The van der Waals surface area contributed by atoms with Crippen LogP contribution in [0.5, 0.6) is 5.75 Å². The number of hydrogen-bond acceptors (Lipinski definition) is 3. The van der Waals surface area contributed by atoms with Crippen molar-refractivity contribution in [2.45, 2.75) is 96.8 Å². The van der Waals surface area contributed by atoms with E-state index in [-0.39, 0.29) is 5.97 Å². The van der Waals surface area contributed by atoms with Gasteiger partial charge in [0.2, 0.25) is 0 Å². The lowest BCUT2D eigenvalue weighted by Gasteiger charge is -2.08. The monoisotopic (exact) mass is 468 g/mol. The summed E-state index contributed by atoms with van der Waals surface area (Å²) in [5.74, 6) is 0.469. The first-order valence-electron chi connectivity index (χ1n) is 11.7. The Balaban J connectivity index is 1.98. The number of rotatable bonds is 19. The Labute approximate surface area is 187 Å². The first-order valence-corrected chi connectivity index (χ1v) is 12.9. The smallest absolute Gasteiger partial charge is 0.338 e. The van der Waals surface area contributed by atoms with Crippen LogP contribution in [-0.4, -0.2) is 24.5 Å². The molecule has 4 heteroatoms. The maximum Gasteiger partial charge on any atom is 0.338 e. The number of alkyl halides is 1. The van der Waals surface area contributed by atoms with Crippen LogP contribution in [0.1, 0.15) is 107 Å². The fourth-order valence-electron chi connectivity index (χ4n) is 3.33. The van der Waals surface area contributed by atoms with Crippen molar-refractivity contribution in [3.63, 3.8) is 0 Å². The molecule has 0 bridgehead atoms. The molecule has 0 aliphatic carbocycles. The Hall–Kier alpha value is -1.03. The predicted octanol–water partition coefficient (Wildman–Crippen LogP) is 8.10. The molecule has 0 aliphatic heterocycles. The van der Waals surface area contributed by atoms with Gasteiger partial charge in [-0.2, -0.15) is 0 Å². The molecule has 1 rings (SSSR count). The predicted molar refractivity (Wildman–Crippen MR) is 126 cm³/mol. The van der Waals surface area contributed by atoms with Crippen LogP contribution in [0.4, 0.5) is 0 Å². The van der Waals surface area contributed by atoms with E-state index in [1.54, 1.807) is 12.1 Å². The van der Waals surface area contributed by atoms with Crippen molar-refractivity contribution in [3.8, 4) is 5.75 Å². The van der Waals surface area contributed by atoms with Crippen molar-refractivity contribution >= 4 is 21.9 Å². The van der Waals surface area contributed by atoms with E-state index in [0.29, 0.717) is 18.8 Å². The number of carbonyl (C=O) groups is 1. The molecule has 29 heavy (non-hydrogen) atoms. The third-order valence-electron chi connectivity index (χ3n) is 5.10. The number of halogens is 1. The van der Waals surface area contributed by atoms with Gasteiger partial charge >= 0.3 is 5.97 Å². The average molecular weight is 470 g/mol. The van der Waals surface area contributed by atoms with Crippen LogP contribution in [0, 0.1) is 0 Å². The molecular formula is C25H41BrO3. The zero-order chi connectivity index (χ0) is 21.0. The Morgan fingerprint density at radius 3 is 1.97 bits per heavy atom. The fourth-order valence-corrected chi connectivity index (χ4v) is 3.55. The molecule has 1 aromatic rings. The van der Waals surface area contributed by atoms with Crippen LogP contribution >= 0.6 is 15.9 Å². The van der Waals surface area contributed by atoms with Gasteiger partial charge in [0.15, 0.2) is 0 Å². The van der Waals surface area contributed by atoms with Crippen molar-refractivity contribution in [2.24, 2.45) is 0 Å². The van der Waals surface area contributed by atoms with Gasteiger partial charge < -0.3 is 9.47 Å². The number of hydrogen-bond donors (Lipinski definition) is 0. The molecule has 0 saturated heterocycles. The van der Waals surface area contributed by atoms with Crippen molar-refractivity contribution in [1.82, 2.24) is 0 Å². The first kappa shape index (κ1) is 26.0. The maximum atomic E-state index is 12.0. The summed E-state index contributed by atoms with van der Waals surface area (Å²) in [7, 11) is 0. The molecule has 0 N–H and O–H groups in total. The minimum absolute atomic E-state index is 0.280. The van der Waals surface area contributed by atoms with Gasteiger partial charge in [0, 0.05) is 5.33 Å². The summed E-state index contributed by atoms with van der Waals surface area (Å²) in [4.78, 5) is 12.0. The molecule has 3 nitrogen and oxygen atoms in total. The van der Waals surface area contributed by atoms with Crippen LogP contribution in [0.15, 0.2) is 24.3 Å².